The van der Waals surface area contributed by atoms with E-state index in [-0.39, 0.29) is 18.7 Å². The number of carbonyl (C=O) groups excluding carboxylic acids is 1. The van der Waals surface area contributed by atoms with Crippen molar-refractivity contribution in [2.75, 3.05) is 25.2 Å². The van der Waals surface area contributed by atoms with Gasteiger partial charge in [-0.3, -0.25) is 0 Å². The lowest BCUT2D eigenvalue weighted by atomic mass is 9.91. The van der Waals surface area contributed by atoms with E-state index in [9.17, 15) is 9.59 Å². The van der Waals surface area contributed by atoms with Crippen molar-refractivity contribution in [2.45, 2.75) is 44.2 Å². The van der Waals surface area contributed by atoms with Crippen LogP contribution >= 0.6 is 11.8 Å². The lowest BCUT2D eigenvalue weighted by Crippen LogP contribution is -2.53. The van der Waals surface area contributed by atoms with Crippen molar-refractivity contribution in [2.24, 2.45) is 0 Å². The van der Waals surface area contributed by atoms with Gasteiger partial charge in [-0.05, 0) is 44.1 Å². The van der Waals surface area contributed by atoms with E-state index >= 15 is 0 Å². The lowest BCUT2D eigenvalue weighted by Gasteiger charge is -2.38. The molecule has 0 spiro atoms. The van der Waals surface area contributed by atoms with E-state index < -0.39 is 12.0 Å². The highest BCUT2D eigenvalue weighted by Crippen LogP contribution is 2.25. The fourth-order valence-electron chi connectivity index (χ4n) is 2.11. The van der Waals surface area contributed by atoms with Gasteiger partial charge in [0.05, 0.1) is 0 Å². The monoisotopic (exact) mass is 304 g/mol. The van der Waals surface area contributed by atoms with Gasteiger partial charge in [0, 0.05) is 19.2 Å². The molecule has 0 aromatic heterocycles. The first-order chi connectivity index (χ1) is 9.60. The molecule has 0 aromatic rings. The quantitative estimate of drug-likeness (QED) is 0.594. The van der Waals surface area contributed by atoms with Crippen molar-refractivity contribution in [1.82, 2.24) is 10.2 Å². The Morgan fingerprint density at radius 1 is 1.45 bits per heavy atom. The second kappa shape index (κ2) is 9.07. The van der Waals surface area contributed by atoms with E-state index in [1.807, 2.05) is 6.26 Å². The van der Waals surface area contributed by atoms with Crippen LogP contribution in [0.3, 0.4) is 0 Å². The molecule has 0 radical (unpaired) electrons. The Kier molecular flexibility index (Phi) is 7.76. The first kappa shape index (κ1) is 17.1. The Labute approximate surface area is 123 Å². The molecule has 1 fully saturated rings. The summed E-state index contributed by atoms with van der Waals surface area (Å²) in [5.74, 6) is -0.305. The number of nitrogens with one attached hydrogen (secondary N) is 1. The van der Waals surface area contributed by atoms with E-state index in [0.717, 1.165) is 19.3 Å². The number of rotatable bonds is 9. The number of carboxylic acids is 1. The summed E-state index contributed by atoms with van der Waals surface area (Å²) in [5, 5.41) is 20.6. The fourth-order valence-corrected chi connectivity index (χ4v) is 2.59. The number of thioether (sulfide) groups is 1. The minimum atomic E-state index is -0.997. The molecule has 6 nitrogen and oxygen atoms in total. The molecule has 0 saturated heterocycles. The molecule has 0 aromatic carbocycles. The van der Waals surface area contributed by atoms with Crippen LogP contribution < -0.4 is 5.32 Å². The van der Waals surface area contributed by atoms with Gasteiger partial charge >= 0.3 is 12.0 Å². The minimum Gasteiger partial charge on any atom is -0.480 e. The number of urea groups is 1. The summed E-state index contributed by atoms with van der Waals surface area (Å²) >= 11 is 1.56. The van der Waals surface area contributed by atoms with Crippen LogP contribution in [0.1, 0.15) is 32.1 Å². The highest BCUT2D eigenvalue weighted by Gasteiger charge is 2.30. The number of aliphatic carboxylic acids is 1. The van der Waals surface area contributed by atoms with Gasteiger partial charge in [-0.2, -0.15) is 11.8 Å². The second-order valence-corrected chi connectivity index (χ2v) is 5.96. The Bertz CT molecular complexity index is 323. The molecule has 20 heavy (non-hydrogen) atoms. The van der Waals surface area contributed by atoms with Gasteiger partial charge in [0.15, 0.2) is 0 Å². The summed E-state index contributed by atoms with van der Waals surface area (Å²) in [5.41, 5.74) is 0. The van der Waals surface area contributed by atoms with Gasteiger partial charge in [-0.25, -0.2) is 9.59 Å². The van der Waals surface area contributed by atoms with E-state index in [0.29, 0.717) is 25.1 Å². The number of carboxylic acid groups (broad SMARTS) is 1. The molecule has 2 amide bonds. The van der Waals surface area contributed by atoms with Crippen molar-refractivity contribution in [1.29, 1.82) is 0 Å². The van der Waals surface area contributed by atoms with Crippen LogP contribution in [0.5, 0.6) is 0 Å². The van der Waals surface area contributed by atoms with Crippen LogP contribution in [-0.2, 0) is 4.79 Å². The van der Waals surface area contributed by atoms with E-state index in [2.05, 4.69) is 5.32 Å². The average Bonchev–Trinajstić information content (AvgIpc) is 2.36. The predicted molar refractivity (Wildman–Crippen MR) is 79.0 cm³/mol. The normalized spacial score (nSPS) is 16.3. The smallest absolute Gasteiger partial charge is 0.326 e. The molecular formula is C13H24N2O4S. The topological polar surface area (TPSA) is 89.9 Å². The molecular weight excluding hydrogens is 280 g/mol. The van der Waals surface area contributed by atoms with Crippen LogP contribution in [0.15, 0.2) is 0 Å². The van der Waals surface area contributed by atoms with Gasteiger partial charge in [0.25, 0.3) is 0 Å². The van der Waals surface area contributed by atoms with Crippen LogP contribution in [0.25, 0.3) is 0 Å². The van der Waals surface area contributed by atoms with E-state index in [1.165, 1.54) is 0 Å². The van der Waals surface area contributed by atoms with E-state index in [1.54, 1.807) is 16.7 Å². The third kappa shape index (κ3) is 5.20. The summed E-state index contributed by atoms with van der Waals surface area (Å²) in [6.07, 6.45) is 5.86. The van der Waals surface area contributed by atoms with Crippen LogP contribution in [0.4, 0.5) is 4.79 Å². The number of hydrogen-bond donors (Lipinski definition) is 3. The van der Waals surface area contributed by atoms with Crippen LogP contribution in [-0.4, -0.2) is 64.4 Å². The summed E-state index contributed by atoms with van der Waals surface area (Å²) in [7, 11) is 0. The van der Waals surface area contributed by atoms with Gasteiger partial charge in [-0.15, -0.1) is 0 Å². The zero-order valence-corrected chi connectivity index (χ0v) is 12.7. The molecule has 1 atom stereocenters. The number of nitrogens with zero attached hydrogens (tertiary/aromatic N) is 1. The second-order valence-electron chi connectivity index (χ2n) is 4.98. The van der Waals surface area contributed by atoms with Crippen molar-refractivity contribution < 1.29 is 19.8 Å². The zero-order valence-electron chi connectivity index (χ0n) is 11.9. The van der Waals surface area contributed by atoms with Crippen molar-refractivity contribution >= 4 is 23.8 Å². The summed E-state index contributed by atoms with van der Waals surface area (Å²) < 4.78 is 0. The number of aliphatic hydroxyl groups is 1. The standard InChI is InChI=1S/C13H24N2O4S/c1-20-9-6-11(12(17)18)14-13(19)15(7-3-8-16)10-4-2-5-10/h10-11,16H,2-9H2,1H3,(H,14,19)(H,17,18)/t11-/m0/s1. The molecule has 116 valence electrons. The van der Waals surface area contributed by atoms with Crippen LogP contribution in [0.2, 0.25) is 0 Å². The molecule has 0 aliphatic heterocycles. The number of hydrogen-bond acceptors (Lipinski definition) is 4. The minimum absolute atomic E-state index is 0.0331. The first-order valence-corrected chi connectivity index (χ1v) is 8.39. The maximum Gasteiger partial charge on any atom is 0.326 e. The van der Waals surface area contributed by atoms with Crippen LogP contribution in [0, 0.1) is 0 Å². The largest absolute Gasteiger partial charge is 0.480 e. The maximum absolute atomic E-state index is 12.2. The van der Waals surface area contributed by atoms with Crippen molar-refractivity contribution in [3.05, 3.63) is 0 Å². The molecule has 1 aliphatic carbocycles. The van der Waals surface area contributed by atoms with Gasteiger partial charge in [-0.1, -0.05) is 0 Å². The predicted octanol–water partition coefficient (Wildman–Crippen LogP) is 1.14. The molecule has 1 aliphatic rings. The molecule has 0 bridgehead atoms. The summed E-state index contributed by atoms with van der Waals surface area (Å²) in [4.78, 5) is 25.0. The summed E-state index contributed by atoms with van der Waals surface area (Å²) in [6.45, 7) is 0.507. The number of amides is 2. The molecule has 7 heteroatoms. The van der Waals surface area contributed by atoms with Gasteiger partial charge < -0.3 is 20.4 Å². The Balaban J connectivity index is 2.55. The van der Waals surface area contributed by atoms with Crippen molar-refractivity contribution in [3.8, 4) is 0 Å². The number of aliphatic hydroxyl groups excluding tert-OH is 1. The van der Waals surface area contributed by atoms with Crippen molar-refractivity contribution in [3.63, 3.8) is 0 Å². The highest BCUT2D eigenvalue weighted by molar-refractivity contribution is 7.98. The fraction of sp³-hybridized carbons (Fsp3) is 0.846. The maximum atomic E-state index is 12.2. The Morgan fingerprint density at radius 2 is 2.15 bits per heavy atom. The molecule has 3 N–H and O–H groups in total. The zero-order chi connectivity index (χ0) is 15.0. The summed E-state index contributed by atoms with van der Waals surface area (Å²) in [6, 6.07) is -0.972. The number of carbonyl (C=O) groups is 2. The highest BCUT2D eigenvalue weighted by atomic mass is 32.2. The van der Waals surface area contributed by atoms with Gasteiger partial charge in [0.2, 0.25) is 0 Å². The molecule has 1 rings (SSSR count). The van der Waals surface area contributed by atoms with Gasteiger partial charge in [0.1, 0.15) is 6.04 Å². The Morgan fingerprint density at radius 3 is 2.60 bits per heavy atom. The molecule has 0 heterocycles. The van der Waals surface area contributed by atoms with E-state index in [4.69, 9.17) is 10.2 Å². The SMILES string of the molecule is CSCC[C@H](NC(=O)N(CCCO)C1CCC1)C(=O)O. The lowest BCUT2D eigenvalue weighted by molar-refractivity contribution is -0.139. The third-order valence-electron chi connectivity index (χ3n) is 3.54. The third-order valence-corrected chi connectivity index (χ3v) is 4.18. The Hall–Kier alpha value is -0.950. The molecule has 1 saturated carbocycles. The molecule has 0 unspecified atom stereocenters. The average molecular weight is 304 g/mol. The first-order valence-electron chi connectivity index (χ1n) is 7.00.